The van der Waals surface area contributed by atoms with Crippen molar-refractivity contribution in [3.8, 4) is 0 Å². The summed E-state index contributed by atoms with van der Waals surface area (Å²) in [6, 6.07) is 10.3. The summed E-state index contributed by atoms with van der Waals surface area (Å²) in [5.74, 6) is 0.436. The Balaban J connectivity index is 0.00000161. The van der Waals surface area contributed by atoms with Crippen LogP contribution in [0.15, 0.2) is 41.2 Å². The first kappa shape index (κ1) is 15.6. The molecule has 0 aliphatic heterocycles. The van der Waals surface area contributed by atoms with Crippen molar-refractivity contribution < 1.29 is 34.4 Å². The van der Waals surface area contributed by atoms with Gasteiger partial charge in [0.25, 0.3) is 0 Å². The van der Waals surface area contributed by atoms with Crippen molar-refractivity contribution in [3.05, 3.63) is 63.8 Å². The molecule has 0 amide bonds. The predicted octanol–water partition coefficient (Wildman–Crippen LogP) is -2.22. The van der Waals surface area contributed by atoms with Crippen LogP contribution in [0.25, 0.3) is 5.78 Å². The minimum Gasteiger partial charge on any atom is -0.362 e. The fraction of sp³-hybridized carbons (Fsp3) is 0.143. The summed E-state index contributed by atoms with van der Waals surface area (Å²) in [6.45, 7) is 1.71. The molecule has 3 rings (SSSR count). The first-order valence-corrected chi connectivity index (χ1v) is 6.12. The van der Waals surface area contributed by atoms with E-state index in [0.717, 1.165) is 4.52 Å². The van der Waals surface area contributed by atoms with Gasteiger partial charge < -0.3 is 9.97 Å². The molecule has 0 aliphatic rings. The molecule has 2 heterocycles. The van der Waals surface area contributed by atoms with E-state index in [1.165, 1.54) is 6.07 Å². The molecule has 0 bridgehead atoms. The summed E-state index contributed by atoms with van der Waals surface area (Å²) in [5, 5.41) is 4.03. The second-order valence-electron chi connectivity index (χ2n) is 4.44. The molecule has 1 aromatic carbocycles. The monoisotopic (exact) mass is 290 g/mol. The average Bonchev–Trinajstić information content (AvgIpc) is 2.82. The molecule has 0 aliphatic carbocycles. The van der Waals surface area contributed by atoms with Gasteiger partial charge in [0.2, 0.25) is 5.56 Å². The molecule has 6 nitrogen and oxygen atoms in total. The second kappa shape index (κ2) is 6.34. The Morgan fingerprint density at radius 3 is 2.71 bits per heavy atom. The fourth-order valence-electron chi connectivity index (χ4n) is 1.94. The summed E-state index contributed by atoms with van der Waals surface area (Å²) >= 11 is 0. The molecule has 100 valence electrons. The number of Topliss-reactive ketones (excluding diaryl/α,β-unsaturated/α-hetero) is 1. The third-order valence-electron chi connectivity index (χ3n) is 2.87. The Labute approximate surface area is 142 Å². The number of fused-ring (bicyclic) bond motifs is 1. The maximum Gasteiger partial charge on any atom is 1.00 e. The molecule has 0 saturated carbocycles. The Bertz CT molecular complexity index is 839. The summed E-state index contributed by atoms with van der Waals surface area (Å²) in [6.07, 6.45) is 0.0475. The van der Waals surface area contributed by atoms with Crippen molar-refractivity contribution in [1.29, 1.82) is 0 Å². The molecule has 0 unspecified atom stereocenters. The molecule has 0 spiro atoms. The third-order valence-corrected chi connectivity index (χ3v) is 2.87. The number of carbonyl (C=O) groups is 1. The third kappa shape index (κ3) is 3.29. The zero-order valence-corrected chi connectivity index (χ0v) is 13.8. The van der Waals surface area contributed by atoms with Crippen LogP contribution >= 0.6 is 0 Å². The van der Waals surface area contributed by atoms with Crippen LogP contribution in [0.3, 0.4) is 0 Å². The number of hydrogen-bond donors (Lipinski definition) is 0. The normalized spacial score (nSPS) is 10.3. The van der Waals surface area contributed by atoms with E-state index in [9.17, 15) is 9.59 Å². The van der Waals surface area contributed by atoms with Gasteiger partial charge in [0.1, 0.15) is 0 Å². The maximum atomic E-state index is 12.1. The summed E-state index contributed by atoms with van der Waals surface area (Å²) < 4.78 is 1.11. The first-order chi connectivity index (χ1) is 9.63. The van der Waals surface area contributed by atoms with Crippen LogP contribution in [-0.4, -0.2) is 20.4 Å². The molecule has 0 saturated heterocycles. The van der Waals surface area contributed by atoms with Gasteiger partial charge in [-0.2, -0.15) is 0 Å². The van der Waals surface area contributed by atoms with E-state index in [4.69, 9.17) is 0 Å². The van der Waals surface area contributed by atoms with Crippen molar-refractivity contribution in [1.82, 2.24) is 19.6 Å². The number of carbonyl (C=O) groups excluding carboxylic acids is 1. The van der Waals surface area contributed by atoms with Crippen LogP contribution in [-0.2, 0) is 6.42 Å². The maximum absolute atomic E-state index is 12.1. The van der Waals surface area contributed by atoms with Gasteiger partial charge in [0.05, 0.1) is 12.2 Å². The van der Waals surface area contributed by atoms with Crippen molar-refractivity contribution >= 4 is 11.6 Å². The van der Waals surface area contributed by atoms with Crippen LogP contribution in [0.5, 0.6) is 0 Å². The van der Waals surface area contributed by atoms with Crippen molar-refractivity contribution in [2.24, 2.45) is 0 Å². The van der Waals surface area contributed by atoms with E-state index in [2.05, 4.69) is 15.1 Å². The van der Waals surface area contributed by atoms with Crippen molar-refractivity contribution in [3.63, 3.8) is 0 Å². The molecule has 2 aromatic heterocycles. The molecular formula is C14H11N4NaO2. The SMILES string of the molecule is Cc1cc(=O)n2nc(CC(=O)c3ccccc3)nc2[n-]1.[Na+]. The molecule has 21 heavy (non-hydrogen) atoms. The quantitative estimate of drug-likeness (QED) is 0.403. The van der Waals surface area contributed by atoms with Crippen LogP contribution < -0.4 is 40.1 Å². The predicted molar refractivity (Wildman–Crippen MR) is 71.8 cm³/mol. The Morgan fingerprint density at radius 2 is 2.00 bits per heavy atom. The number of ketones is 1. The molecule has 0 N–H and O–H groups in total. The second-order valence-corrected chi connectivity index (χ2v) is 4.44. The fourth-order valence-corrected chi connectivity index (χ4v) is 1.94. The molecule has 0 atom stereocenters. The van der Waals surface area contributed by atoms with Crippen molar-refractivity contribution in [2.45, 2.75) is 13.3 Å². The number of benzene rings is 1. The zero-order chi connectivity index (χ0) is 14.1. The van der Waals surface area contributed by atoms with E-state index in [1.54, 1.807) is 31.2 Å². The molecule has 0 radical (unpaired) electrons. The minimum absolute atomic E-state index is 0. The molecule has 0 fully saturated rings. The van der Waals surface area contributed by atoms with Crippen LogP contribution in [0.2, 0.25) is 0 Å². The summed E-state index contributed by atoms with van der Waals surface area (Å²) in [7, 11) is 0. The van der Waals surface area contributed by atoms with Gasteiger partial charge in [-0.3, -0.25) is 14.1 Å². The van der Waals surface area contributed by atoms with E-state index >= 15 is 0 Å². The smallest absolute Gasteiger partial charge is 0.362 e. The Morgan fingerprint density at radius 1 is 1.29 bits per heavy atom. The van der Waals surface area contributed by atoms with Crippen LogP contribution in [0, 0.1) is 6.92 Å². The van der Waals surface area contributed by atoms with Gasteiger partial charge in [-0.15, -0.1) is 0 Å². The van der Waals surface area contributed by atoms with Crippen molar-refractivity contribution in [2.75, 3.05) is 0 Å². The Kier molecular flexibility index (Phi) is 4.72. The standard InChI is InChI=1S/C14H12N4O2.Na/c1-9-7-13(20)18-14(15-9)16-12(17-18)8-11(19)10-5-3-2-4-6-10;/h2-7H,8H2,1H3,(H,15,16,17,20);/q;+1/p-1. The minimum atomic E-state index is -0.293. The van der Waals surface area contributed by atoms with E-state index in [1.807, 2.05) is 6.07 Å². The summed E-state index contributed by atoms with van der Waals surface area (Å²) in [4.78, 5) is 32.0. The van der Waals surface area contributed by atoms with Crippen LogP contribution in [0.1, 0.15) is 21.9 Å². The van der Waals surface area contributed by atoms with E-state index < -0.39 is 0 Å². The van der Waals surface area contributed by atoms with Crippen LogP contribution in [0.4, 0.5) is 0 Å². The number of hydrogen-bond acceptors (Lipinski definition) is 4. The summed E-state index contributed by atoms with van der Waals surface area (Å²) in [5.41, 5.74) is 0.882. The Hall–Kier alpha value is -1.76. The molecule has 3 aromatic rings. The topological polar surface area (TPSA) is 78.4 Å². The van der Waals surface area contributed by atoms with Gasteiger partial charge in [-0.25, -0.2) is 5.10 Å². The van der Waals surface area contributed by atoms with Gasteiger partial charge in [-0.05, 0) is 18.7 Å². The first-order valence-electron chi connectivity index (χ1n) is 6.12. The van der Waals surface area contributed by atoms with Gasteiger partial charge in [0.15, 0.2) is 5.78 Å². The number of rotatable bonds is 3. The molecular weight excluding hydrogens is 279 g/mol. The largest absolute Gasteiger partial charge is 1.00 e. The van der Waals surface area contributed by atoms with E-state index in [-0.39, 0.29) is 53.1 Å². The van der Waals surface area contributed by atoms with Gasteiger partial charge in [0, 0.05) is 11.3 Å². The number of aryl methyl sites for hydroxylation is 1. The number of nitrogens with zero attached hydrogens (tertiary/aromatic N) is 4. The molecule has 7 heteroatoms. The zero-order valence-electron chi connectivity index (χ0n) is 11.8. The number of aromatic nitrogens is 4. The average molecular weight is 290 g/mol. The van der Waals surface area contributed by atoms with Gasteiger partial charge in [-0.1, -0.05) is 30.3 Å². The van der Waals surface area contributed by atoms with Gasteiger partial charge >= 0.3 is 29.6 Å². The van der Waals surface area contributed by atoms with E-state index in [0.29, 0.717) is 17.1 Å².